The Balaban J connectivity index is 2.25. The summed E-state index contributed by atoms with van der Waals surface area (Å²) in [5, 5.41) is 3.35. The first-order valence-electron chi connectivity index (χ1n) is 7.03. The minimum absolute atomic E-state index is 0.295. The van der Waals surface area contributed by atoms with Crippen LogP contribution in [0.1, 0.15) is 24.5 Å². The van der Waals surface area contributed by atoms with E-state index in [1.54, 1.807) is 6.07 Å². The molecule has 0 spiro atoms. The van der Waals surface area contributed by atoms with E-state index in [0.29, 0.717) is 5.75 Å². The maximum atomic E-state index is 13.4. The van der Waals surface area contributed by atoms with E-state index in [0.717, 1.165) is 40.9 Å². The Bertz CT molecular complexity index is 616. The average molecular weight is 352 g/mol. The molecule has 0 fully saturated rings. The molecular formula is C17H19BrFNO. The predicted octanol–water partition coefficient (Wildman–Crippen LogP) is 5.19. The van der Waals surface area contributed by atoms with Crippen LogP contribution in [0.5, 0.6) is 11.5 Å². The Morgan fingerprint density at radius 3 is 2.71 bits per heavy atom. The van der Waals surface area contributed by atoms with E-state index in [4.69, 9.17) is 4.74 Å². The van der Waals surface area contributed by atoms with E-state index in [1.807, 2.05) is 25.1 Å². The quantitative estimate of drug-likeness (QED) is 0.723. The Morgan fingerprint density at radius 2 is 1.95 bits per heavy atom. The summed E-state index contributed by atoms with van der Waals surface area (Å²) in [4.78, 5) is 0. The Hall–Kier alpha value is -1.39. The number of hydrogen-bond acceptors (Lipinski definition) is 2. The molecule has 0 saturated heterocycles. The number of hydrogen-bond donors (Lipinski definition) is 1. The third-order valence-corrected chi connectivity index (χ3v) is 3.63. The van der Waals surface area contributed by atoms with Crippen molar-refractivity contribution in [3.05, 3.63) is 57.8 Å². The summed E-state index contributed by atoms with van der Waals surface area (Å²) in [6, 6.07) is 10.5. The molecule has 2 rings (SSSR count). The van der Waals surface area contributed by atoms with Gasteiger partial charge in [0.05, 0.1) is 0 Å². The van der Waals surface area contributed by atoms with Crippen molar-refractivity contribution in [2.24, 2.45) is 0 Å². The highest BCUT2D eigenvalue weighted by atomic mass is 79.9. The van der Waals surface area contributed by atoms with Crippen LogP contribution >= 0.6 is 15.9 Å². The van der Waals surface area contributed by atoms with Crippen molar-refractivity contribution in [3.63, 3.8) is 0 Å². The molecule has 21 heavy (non-hydrogen) atoms. The minimum atomic E-state index is -0.295. The summed E-state index contributed by atoms with van der Waals surface area (Å²) >= 11 is 3.45. The number of halogens is 2. The van der Waals surface area contributed by atoms with Crippen molar-refractivity contribution in [2.75, 3.05) is 6.54 Å². The number of nitrogens with one attached hydrogen (secondary N) is 1. The van der Waals surface area contributed by atoms with Crippen LogP contribution in [-0.2, 0) is 6.54 Å². The maximum Gasteiger partial charge on any atom is 0.133 e. The Kier molecular flexibility index (Phi) is 5.76. The van der Waals surface area contributed by atoms with Gasteiger partial charge in [0.2, 0.25) is 0 Å². The van der Waals surface area contributed by atoms with Gasteiger partial charge >= 0.3 is 0 Å². The van der Waals surface area contributed by atoms with E-state index >= 15 is 0 Å². The minimum Gasteiger partial charge on any atom is -0.457 e. The lowest BCUT2D eigenvalue weighted by Crippen LogP contribution is -2.14. The van der Waals surface area contributed by atoms with Gasteiger partial charge in [0.1, 0.15) is 17.3 Å². The normalized spacial score (nSPS) is 10.7. The molecule has 2 aromatic carbocycles. The molecule has 2 nitrogen and oxygen atoms in total. The zero-order valence-electron chi connectivity index (χ0n) is 12.2. The number of aryl methyl sites for hydroxylation is 1. The fraction of sp³-hybridized carbons (Fsp3) is 0.294. The largest absolute Gasteiger partial charge is 0.457 e. The molecule has 4 heteroatoms. The molecule has 0 radical (unpaired) electrons. The molecule has 0 atom stereocenters. The number of ether oxygens (including phenoxy) is 1. The van der Waals surface area contributed by atoms with Gasteiger partial charge in [0.25, 0.3) is 0 Å². The third kappa shape index (κ3) is 4.55. The molecule has 2 aromatic rings. The molecule has 0 bridgehead atoms. The summed E-state index contributed by atoms with van der Waals surface area (Å²) < 4.78 is 20.2. The fourth-order valence-electron chi connectivity index (χ4n) is 1.97. The molecule has 0 heterocycles. The van der Waals surface area contributed by atoms with Crippen LogP contribution in [0.3, 0.4) is 0 Å². The zero-order valence-corrected chi connectivity index (χ0v) is 13.8. The van der Waals surface area contributed by atoms with Crippen LogP contribution in [-0.4, -0.2) is 6.54 Å². The van der Waals surface area contributed by atoms with Crippen molar-refractivity contribution in [1.29, 1.82) is 0 Å². The second kappa shape index (κ2) is 7.57. The van der Waals surface area contributed by atoms with E-state index in [-0.39, 0.29) is 5.82 Å². The molecule has 0 aromatic heterocycles. The lowest BCUT2D eigenvalue weighted by atomic mass is 10.2. The van der Waals surface area contributed by atoms with Crippen molar-refractivity contribution in [1.82, 2.24) is 5.32 Å². The average Bonchev–Trinajstić information content (AvgIpc) is 2.45. The fourth-order valence-corrected chi connectivity index (χ4v) is 2.31. The molecule has 0 aliphatic rings. The lowest BCUT2D eigenvalue weighted by molar-refractivity contribution is 0.463. The van der Waals surface area contributed by atoms with Gasteiger partial charge in [-0.15, -0.1) is 0 Å². The van der Waals surface area contributed by atoms with E-state index in [9.17, 15) is 4.39 Å². The van der Waals surface area contributed by atoms with Crippen LogP contribution in [0.2, 0.25) is 0 Å². The van der Waals surface area contributed by atoms with Crippen molar-refractivity contribution in [2.45, 2.75) is 26.8 Å². The Labute approximate surface area is 133 Å². The predicted molar refractivity (Wildman–Crippen MR) is 87.4 cm³/mol. The van der Waals surface area contributed by atoms with Gasteiger partial charge < -0.3 is 10.1 Å². The summed E-state index contributed by atoms with van der Waals surface area (Å²) in [7, 11) is 0. The van der Waals surface area contributed by atoms with E-state index in [1.165, 1.54) is 12.1 Å². The van der Waals surface area contributed by atoms with Crippen LogP contribution in [0.15, 0.2) is 40.9 Å². The molecular weight excluding hydrogens is 333 g/mol. The molecule has 0 unspecified atom stereocenters. The first-order valence-corrected chi connectivity index (χ1v) is 7.82. The van der Waals surface area contributed by atoms with Gasteiger partial charge in [0.15, 0.2) is 0 Å². The summed E-state index contributed by atoms with van der Waals surface area (Å²) in [6.07, 6.45) is 1.08. The van der Waals surface area contributed by atoms with Gasteiger partial charge in [-0.25, -0.2) is 4.39 Å². The van der Waals surface area contributed by atoms with E-state index in [2.05, 4.69) is 28.2 Å². The Morgan fingerprint density at radius 1 is 1.14 bits per heavy atom. The highest BCUT2D eigenvalue weighted by Crippen LogP contribution is 2.31. The number of rotatable bonds is 6. The summed E-state index contributed by atoms with van der Waals surface area (Å²) in [5.74, 6) is 0.989. The summed E-state index contributed by atoms with van der Waals surface area (Å²) in [6.45, 7) is 5.71. The smallest absolute Gasteiger partial charge is 0.133 e. The van der Waals surface area contributed by atoms with Crippen molar-refractivity contribution >= 4 is 15.9 Å². The standard InChI is InChI=1S/C17H19BrFNO/c1-3-8-20-11-13-5-6-14(18)9-17(13)21-16-10-15(19)7-4-12(16)2/h4-7,9-10,20H,3,8,11H2,1-2H3. The second-order valence-corrected chi connectivity index (χ2v) is 5.86. The van der Waals surface area contributed by atoms with Gasteiger partial charge in [0, 0.05) is 22.6 Å². The summed E-state index contributed by atoms with van der Waals surface area (Å²) in [5.41, 5.74) is 1.96. The molecule has 0 aliphatic carbocycles. The molecule has 1 N–H and O–H groups in total. The zero-order chi connectivity index (χ0) is 15.2. The molecule has 0 amide bonds. The topological polar surface area (TPSA) is 21.3 Å². The highest BCUT2D eigenvalue weighted by molar-refractivity contribution is 9.10. The van der Waals surface area contributed by atoms with Crippen LogP contribution in [0.25, 0.3) is 0 Å². The van der Waals surface area contributed by atoms with Crippen LogP contribution < -0.4 is 10.1 Å². The monoisotopic (exact) mass is 351 g/mol. The van der Waals surface area contributed by atoms with Gasteiger partial charge in [-0.3, -0.25) is 0 Å². The van der Waals surface area contributed by atoms with Crippen molar-refractivity contribution < 1.29 is 9.13 Å². The van der Waals surface area contributed by atoms with Gasteiger partial charge in [-0.05, 0) is 43.7 Å². The maximum absolute atomic E-state index is 13.4. The second-order valence-electron chi connectivity index (χ2n) is 4.94. The molecule has 112 valence electrons. The molecule has 0 saturated carbocycles. The van der Waals surface area contributed by atoms with Gasteiger partial charge in [-0.1, -0.05) is 35.0 Å². The van der Waals surface area contributed by atoms with E-state index < -0.39 is 0 Å². The van der Waals surface area contributed by atoms with Crippen LogP contribution in [0.4, 0.5) is 4.39 Å². The van der Waals surface area contributed by atoms with Crippen molar-refractivity contribution in [3.8, 4) is 11.5 Å². The number of benzene rings is 2. The third-order valence-electron chi connectivity index (χ3n) is 3.14. The van der Waals surface area contributed by atoms with Gasteiger partial charge in [-0.2, -0.15) is 0 Å². The first kappa shape index (κ1) is 16.0. The SMILES string of the molecule is CCCNCc1ccc(Br)cc1Oc1cc(F)ccc1C. The highest BCUT2D eigenvalue weighted by Gasteiger charge is 2.08. The lowest BCUT2D eigenvalue weighted by Gasteiger charge is -2.14. The van der Waals surface area contributed by atoms with Crippen LogP contribution in [0, 0.1) is 12.7 Å². The molecule has 0 aliphatic heterocycles. The first-order chi connectivity index (χ1) is 10.1.